The normalized spacial score (nSPS) is 14.3. The Labute approximate surface area is 363 Å². The van der Waals surface area contributed by atoms with Crippen molar-refractivity contribution in [3.05, 3.63) is 0 Å². The van der Waals surface area contributed by atoms with Crippen molar-refractivity contribution < 1.29 is 28.4 Å². The molecule has 3 unspecified atom stereocenters. The minimum atomic E-state index is -0.159. The summed E-state index contributed by atoms with van der Waals surface area (Å²) in [4.78, 5) is 2.16. The molecule has 0 amide bonds. The molecule has 0 saturated heterocycles. The summed E-state index contributed by atoms with van der Waals surface area (Å²) in [7, 11) is 4.17. The summed E-state index contributed by atoms with van der Waals surface area (Å²) in [6, 6.07) is 0. The van der Waals surface area contributed by atoms with E-state index in [1.54, 1.807) is 0 Å². The topological polar surface area (TPSA) is 58.6 Å². The van der Waals surface area contributed by atoms with Crippen molar-refractivity contribution in [1.29, 1.82) is 0 Å². The summed E-state index contributed by atoms with van der Waals surface area (Å²) in [5.74, 6) is 1.63. The second-order valence-corrected chi connectivity index (χ2v) is 18.0. The summed E-state index contributed by atoms with van der Waals surface area (Å²) < 4.78 is 36.7. The van der Waals surface area contributed by atoms with Crippen LogP contribution in [0.25, 0.3) is 0 Å². The molecule has 0 saturated carbocycles. The van der Waals surface area contributed by atoms with Gasteiger partial charge in [0, 0.05) is 33.0 Å². The molecule has 0 aliphatic carbocycles. The van der Waals surface area contributed by atoms with E-state index in [0.29, 0.717) is 6.61 Å². The van der Waals surface area contributed by atoms with E-state index in [1.165, 1.54) is 167 Å². The van der Waals surface area contributed by atoms with Gasteiger partial charge >= 0.3 is 0 Å². The van der Waals surface area contributed by atoms with E-state index in [-0.39, 0.29) is 25.0 Å². The van der Waals surface area contributed by atoms with Crippen LogP contribution in [-0.2, 0) is 28.4 Å². The van der Waals surface area contributed by atoms with E-state index in [2.05, 4.69) is 67.5 Å². The number of nitrogens with zero attached hydrogens (tertiary/aromatic N) is 1. The maximum atomic E-state index is 6.46. The Bertz CT molecular complexity index is 714. The number of hydrogen-bond donors (Lipinski definition) is 0. The van der Waals surface area contributed by atoms with Gasteiger partial charge < -0.3 is 33.3 Å². The van der Waals surface area contributed by atoms with Gasteiger partial charge in [0.2, 0.25) is 0 Å². The molecule has 0 rings (SSSR count). The van der Waals surface area contributed by atoms with Gasteiger partial charge in [-0.05, 0) is 85.2 Å². The lowest BCUT2D eigenvalue weighted by molar-refractivity contribution is -0.164. The first-order valence-corrected chi connectivity index (χ1v) is 25.6. The van der Waals surface area contributed by atoms with Gasteiger partial charge in [-0.25, -0.2) is 0 Å². The molecule has 0 aromatic heterocycles. The van der Waals surface area contributed by atoms with Crippen molar-refractivity contribution in [2.75, 3.05) is 53.7 Å². The highest BCUT2D eigenvalue weighted by molar-refractivity contribution is 4.64. The minimum Gasteiger partial charge on any atom is -0.353 e. The first-order valence-electron chi connectivity index (χ1n) is 25.6. The standard InChI is InChI=1S/C51H105NO6/c1-10-14-24-32-49(33-25-15-11-2)38-43-55-46(5)53-41-30-22-18-20-28-36-51(58-48(7)57-45-40-52(8)9)37-29-21-19-23-31-42-54-47(6)56-44-39-50(34-26-16-12-3)35-27-17-13-4/h46-51H,10-45H2,1-9H3. The fraction of sp³-hybridized carbons (Fsp3) is 1.00. The fourth-order valence-electron chi connectivity index (χ4n) is 8.00. The van der Waals surface area contributed by atoms with Crippen molar-refractivity contribution in [3.63, 3.8) is 0 Å². The number of rotatable bonds is 48. The molecule has 0 N–H and O–H groups in total. The molecule has 7 heteroatoms. The quantitative estimate of drug-likeness (QED) is 0.0447. The van der Waals surface area contributed by atoms with E-state index >= 15 is 0 Å². The summed E-state index contributed by atoms with van der Waals surface area (Å²) in [6.45, 7) is 20.3. The van der Waals surface area contributed by atoms with Crippen LogP contribution in [0, 0.1) is 11.8 Å². The Morgan fingerprint density at radius 2 is 0.655 bits per heavy atom. The zero-order chi connectivity index (χ0) is 42.7. The minimum absolute atomic E-state index is 0.101. The van der Waals surface area contributed by atoms with Gasteiger partial charge in [-0.1, -0.05) is 182 Å². The SMILES string of the molecule is CCCCCC(CCCCC)CCOC(C)OCCCCCCCC(CCCCCCCOC(C)OCCC(CCCCC)CCCCC)OC(C)OCCN(C)C. The van der Waals surface area contributed by atoms with Gasteiger partial charge in [-0.3, -0.25) is 0 Å². The van der Waals surface area contributed by atoms with Crippen molar-refractivity contribution in [2.24, 2.45) is 11.8 Å². The molecule has 58 heavy (non-hydrogen) atoms. The molecule has 0 fully saturated rings. The second-order valence-electron chi connectivity index (χ2n) is 18.0. The molecular weight excluding hydrogens is 723 g/mol. The second kappa shape index (κ2) is 44.8. The van der Waals surface area contributed by atoms with Crippen LogP contribution in [0.1, 0.15) is 241 Å². The first-order chi connectivity index (χ1) is 28.2. The average molecular weight is 828 g/mol. The third-order valence-electron chi connectivity index (χ3n) is 11.9. The summed E-state index contributed by atoms with van der Waals surface area (Å²) in [6.07, 6.45) is 38.1. The summed E-state index contributed by atoms with van der Waals surface area (Å²) in [5, 5.41) is 0. The van der Waals surface area contributed by atoms with Gasteiger partial charge in [0.25, 0.3) is 0 Å². The number of hydrogen-bond acceptors (Lipinski definition) is 7. The molecule has 350 valence electrons. The van der Waals surface area contributed by atoms with Crippen molar-refractivity contribution >= 4 is 0 Å². The predicted molar refractivity (Wildman–Crippen MR) is 250 cm³/mol. The maximum absolute atomic E-state index is 6.46. The molecule has 0 heterocycles. The Morgan fingerprint density at radius 3 is 1.03 bits per heavy atom. The summed E-state index contributed by atoms with van der Waals surface area (Å²) in [5.41, 5.74) is 0. The molecule has 0 radical (unpaired) electrons. The molecular formula is C51H105NO6. The largest absolute Gasteiger partial charge is 0.353 e. The van der Waals surface area contributed by atoms with Crippen LogP contribution in [0.5, 0.6) is 0 Å². The molecule has 0 spiro atoms. The van der Waals surface area contributed by atoms with Crippen molar-refractivity contribution in [3.8, 4) is 0 Å². The third kappa shape index (κ3) is 41.1. The highest BCUT2D eigenvalue weighted by atomic mass is 16.7. The smallest absolute Gasteiger partial charge is 0.155 e. The van der Waals surface area contributed by atoms with E-state index < -0.39 is 0 Å². The van der Waals surface area contributed by atoms with Gasteiger partial charge in [0.15, 0.2) is 18.9 Å². The molecule has 0 aromatic rings. The first kappa shape index (κ1) is 57.7. The lowest BCUT2D eigenvalue weighted by Crippen LogP contribution is -2.26. The van der Waals surface area contributed by atoms with E-state index in [9.17, 15) is 0 Å². The number of unbranched alkanes of at least 4 members (excludes halogenated alkanes) is 16. The lowest BCUT2D eigenvalue weighted by atomic mass is 9.92. The zero-order valence-corrected chi connectivity index (χ0v) is 40.8. The monoisotopic (exact) mass is 828 g/mol. The lowest BCUT2D eigenvalue weighted by Gasteiger charge is -2.23. The molecule has 7 nitrogen and oxygen atoms in total. The number of ether oxygens (including phenoxy) is 6. The Balaban J connectivity index is 4.27. The van der Waals surface area contributed by atoms with Crippen molar-refractivity contribution in [1.82, 2.24) is 4.90 Å². The number of likely N-dealkylation sites (N-methyl/N-ethyl adjacent to an activating group) is 1. The molecule has 0 bridgehead atoms. The Kier molecular flexibility index (Phi) is 44.5. The van der Waals surface area contributed by atoms with E-state index in [0.717, 1.165) is 70.5 Å². The third-order valence-corrected chi connectivity index (χ3v) is 11.9. The van der Waals surface area contributed by atoms with E-state index in [4.69, 9.17) is 28.4 Å². The van der Waals surface area contributed by atoms with Gasteiger partial charge in [-0.2, -0.15) is 0 Å². The molecule has 0 aromatic carbocycles. The van der Waals surface area contributed by atoms with Gasteiger partial charge in [0.1, 0.15) is 0 Å². The summed E-state index contributed by atoms with van der Waals surface area (Å²) >= 11 is 0. The average Bonchev–Trinajstić information content (AvgIpc) is 3.19. The van der Waals surface area contributed by atoms with Crippen LogP contribution < -0.4 is 0 Å². The van der Waals surface area contributed by atoms with Crippen LogP contribution in [0.2, 0.25) is 0 Å². The van der Waals surface area contributed by atoms with Gasteiger partial charge in [0.05, 0.1) is 12.7 Å². The maximum Gasteiger partial charge on any atom is 0.155 e. The molecule has 0 aliphatic heterocycles. The predicted octanol–water partition coefficient (Wildman–Crippen LogP) is 15.1. The fourth-order valence-corrected chi connectivity index (χ4v) is 8.00. The Morgan fingerprint density at radius 1 is 0.328 bits per heavy atom. The molecule has 3 atom stereocenters. The van der Waals surface area contributed by atoms with Crippen LogP contribution in [0.4, 0.5) is 0 Å². The van der Waals surface area contributed by atoms with Crippen LogP contribution >= 0.6 is 0 Å². The van der Waals surface area contributed by atoms with Crippen LogP contribution in [-0.4, -0.2) is 83.5 Å². The zero-order valence-electron chi connectivity index (χ0n) is 40.8. The van der Waals surface area contributed by atoms with Crippen LogP contribution in [0.3, 0.4) is 0 Å². The Hall–Kier alpha value is -0.280. The van der Waals surface area contributed by atoms with Crippen LogP contribution in [0.15, 0.2) is 0 Å². The van der Waals surface area contributed by atoms with E-state index in [1.807, 2.05) is 0 Å². The highest BCUT2D eigenvalue weighted by Gasteiger charge is 2.15. The highest BCUT2D eigenvalue weighted by Crippen LogP contribution is 2.23. The van der Waals surface area contributed by atoms with Gasteiger partial charge in [-0.15, -0.1) is 0 Å². The molecule has 0 aliphatic rings. The van der Waals surface area contributed by atoms with Crippen molar-refractivity contribution in [2.45, 2.75) is 266 Å².